The van der Waals surface area contributed by atoms with Gasteiger partial charge in [0.15, 0.2) is 5.96 Å². The molecule has 0 spiro atoms. The second-order valence-corrected chi connectivity index (χ2v) is 6.15. The molecule has 2 heterocycles. The lowest BCUT2D eigenvalue weighted by molar-refractivity contribution is 0.158. The monoisotopic (exact) mass is 360 g/mol. The van der Waals surface area contributed by atoms with Gasteiger partial charge in [-0.15, -0.1) is 0 Å². The van der Waals surface area contributed by atoms with Gasteiger partial charge in [-0.05, 0) is 31.2 Å². The number of benzene rings is 1. The van der Waals surface area contributed by atoms with Gasteiger partial charge in [-0.1, -0.05) is 12.1 Å². The Balaban J connectivity index is 1.61. The first kappa shape index (κ1) is 18.3. The van der Waals surface area contributed by atoms with Crippen LogP contribution in [0.5, 0.6) is 0 Å². The van der Waals surface area contributed by atoms with Crippen molar-refractivity contribution >= 4 is 11.6 Å². The van der Waals surface area contributed by atoms with Gasteiger partial charge in [-0.25, -0.2) is 9.38 Å². The number of halogens is 1. The molecule has 26 heavy (non-hydrogen) atoms. The van der Waals surface area contributed by atoms with Crippen molar-refractivity contribution in [2.75, 3.05) is 44.2 Å². The molecule has 0 amide bonds. The summed E-state index contributed by atoms with van der Waals surface area (Å²) in [6.07, 6.45) is 0.772. The van der Waals surface area contributed by atoms with Crippen molar-refractivity contribution < 1.29 is 13.9 Å². The minimum absolute atomic E-state index is 0.192. The largest absolute Gasteiger partial charge is 0.467 e. The van der Waals surface area contributed by atoms with Gasteiger partial charge in [0.05, 0.1) is 18.5 Å². The molecule has 1 atom stereocenters. The average Bonchev–Trinajstić information content (AvgIpc) is 3.20. The van der Waals surface area contributed by atoms with Crippen molar-refractivity contribution in [3.8, 4) is 0 Å². The summed E-state index contributed by atoms with van der Waals surface area (Å²) >= 11 is 0. The Kier molecular flexibility index (Phi) is 6.12. The van der Waals surface area contributed by atoms with E-state index in [0.29, 0.717) is 24.5 Å². The van der Waals surface area contributed by atoms with Gasteiger partial charge < -0.3 is 24.6 Å². The second kappa shape index (κ2) is 8.71. The van der Waals surface area contributed by atoms with Crippen molar-refractivity contribution in [1.82, 2.24) is 10.2 Å². The first-order valence-corrected chi connectivity index (χ1v) is 8.93. The number of hydrogen-bond donors (Lipinski definition) is 2. The van der Waals surface area contributed by atoms with Crippen LogP contribution in [0.25, 0.3) is 0 Å². The number of guanidine groups is 1. The van der Waals surface area contributed by atoms with Crippen LogP contribution in [-0.2, 0) is 0 Å². The Morgan fingerprint density at radius 3 is 2.65 bits per heavy atom. The minimum Gasteiger partial charge on any atom is -0.467 e. The van der Waals surface area contributed by atoms with Gasteiger partial charge in [0, 0.05) is 32.7 Å². The lowest BCUT2D eigenvalue weighted by Gasteiger charge is -2.37. The third-order valence-electron chi connectivity index (χ3n) is 4.39. The zero-order valence-corrected chi connectivity index (χ0v) is 14.9. The van der Waals surface area contributed by atoms with Crippen LogP contribution in [0.1, 0.15) is 18.8 Å². The zero-order valence-electron chi connectivity index (χ0n) is 14.9. The summed E-state index contributed by atoms with van der Waals surface area (Å²) in [4.78, 5) is 8.72. The molecule has 0 aliphatic carbocycles. The Bertz CT molecular complexity index is 712. The minimum atomic E-state index is -0.765. The lowest BCUT2D eigenvalue weighted by Crippen LogP contribution is -2.52. The van der Waals surface area contributed by atoms with Crippen molar-refractivity contribution in [2.45, 2.75) is 13.0 Å². The highest BCUT2D eigenvalue weighted by atomic mass is 19.1. The van der Waals surface area contributed by atoms with Crippen molar-refractivity contribution in [1.29, 1.82) is 0 Å². The highest BCUT2D eigenvalue weighted by molar-refractivity contribution is 5.80. The fourth-order valence-electron chi connectivity index (χ4n) is 3.04. The van der Waals surface area contributed by atoms with E-state index in [0.717, 1.165) is 25.6 Å². The van der Waals surface area contributed by atoms with E-state index in [2.05, 4.69) is 15.2 Å². The number of aliphatic hydroxyl groups excluding tert-OH is 1. The number of nitrogens with one attached hydrogen (secondary N) is 1. The molecule has 1 aliphatic rings. The van der Waals surface area contributed by atoms with E-state index in [9.17, 15) is 9.50 Å². The van der Waals surface area contributed by atoms with E-state index < -0.39 is 6.10 Å². The fourth-order valence-corrected chi connectivity index (χ4v) is 3.04. The number of para-hydroxylation sites is 1. The van der Waals surface area contributed by atoms with Crippen LogP contribution in [0.2, 0.25) is 0 Å². The predicted octanol–water partition coefficient (Wildman–Crippen LogP) is 2.24. The molecular weight excluding hydrogens is 335 g/mol. The molecular formula is C19H25FN4O2. The standard InChI is InChI=1S/C19H25FN4O2/c1-2-21-19(22-14-17(25)18-8-5-13-26-18)24-11-9-23(10-12-24)16-7-4-3-6-15(16)20/h3-8,13,17,25H,2,9-12,14H2,1H3,(H,21,22). The summed E-state index contributed by atoms with van der Waals surface area (Å²) in [5.41, 5.74) is 0.641. The molecule has 0 radical (unpaired) electrons. The number of rotatable bonds is 5. The van der Waals surface area contributed by atoms with E-state index >= 15 is 0 Å². The molecule has 2 aromatic rings. The number of piperazine rings is 1. The van der Waals surface area contributed by atoms with Gasteiger partial charge in [-0.2, -0.15) is 0 Å². The Labute approximate surface area is 152 Å². The van der Waals surface area contributed by atoms with Gasteiger partial charge in [0.25, 0.3) is 0 Å². The SMILES string of the molecule is CCNC(=NCC(O)c1ccco1)N1CCN(c2ccccc2F)CC1. The first-order valence-electron chi connectivity index (χ1n) is 8.93. The number of furan rings is 1. The van der Waals surface area contributed by atoms with Crippen molar-refractivity contribution in [3.05, 3.63) is 54.2 Å². The lowest BCUT2D eigenvalue weighted by atomic mass is 10.2. The average molecular weight is 360 g/mol. The molecule has 0 saturated carbocycles. The van der Waals surface area contributed by atoms with Gasteiger partial charge in [0.1, 0.15) is 17.7 Å². The van der Waals surface area contributed by atoms with Crippen molar-refractivity contribution in [2.24, 2.45) is 4.99 Å². The summed E-state index contributed by atoms with van der Waals surface area (Å²) < 4.78 is 19.2. The van der Waals surface area contributed by atoms with Gasteiger partial charge in [0.2, 0.25) is 0 Å². The maximum Gasteiger partial charge on any atom is 0.194 e. The van der Waals surface area contributed by atoms with E-state index in [-0.39, 0.29) is 12.4 Å². The van der Waals surface area contributed by atoms with Crippen LogP contribution >= 0.6 is 0 Å². The molecule has 1 aromatic heterocycles. The van der Waals surface area contributed by atoms with Crippen LogP contribution in [0, 0.1) is 5.82 Å². The zero-order chi connectivity index (χ0) is 18.4. The van der Waals surface area contributed by atoms with E-state index in [1.165, 1.54) is 12.3 Å². The highest BCUT2D eigenvalue weighted by Gasteiger charge is 2.22. The van der Waals surface area contributed by atoms with Gasteiger partial charge in [-0.3, -0.25) is 0 Å². The molecule has 0 bridgehead atoms. The number of aliphatic imine (C=N–C) groups is 1. The quantitative estimate of drug-likeness (QED) is 0.632. The van der Waals surface area contributed by atoms with E-state index in [1.807, 2.05) is 24.0 Å². The third kappa shape index (κ3) is 4.35. The maximum absolute atomic E-state index is 14.0. The maximum atomic E-state index is 14.0. The second-order valence-electron chi connectivity index (χ2n) is 6.15. The Hall–Kier alpha value is -2.54. The summed E-state index contributed by atoms with van der Waals surface area (Å²) in [5.74, 6) is 1.07. The normalized spacial score (nSPS) is 16.7. The number of nitrogens with zero attached hydrogens (tertiary/aromatic N) is 3. The smallest absolute Gasteiger partial charge is 0.194 e. The Morgan fingerprint density at radius 1 is 1.23 bits per heavy atom. The van der Waals surface area contributed by atoms with Crippen molar-refractivity contribution in [3.63, 3.8) is 0 Å². The first-order chi connectivity index (χ1) is 12.7. The van der Waals surface area contributed by atoms with Crippen LogP contribution < -0.4 is 10.2 Å². The molecule has 3 rings (SSSR count). The van der Waals surface area contributed by atoms with E-state index in [4.69, 9.17) is 4.42 Å². The highest BCUT2D eigenvalue weighted by Crippen LogP contribution is 2.20. The summed E-state index contributed by atoms with van der Waals surface area (Å²) in [6, 6.07) is 10.3. The van der Waals surface area contributed by atoms with Gasteiger partial charge >= 0.3 is 0 Å². The molecule has 6 nitrogen and oxygen atoms in total. The van der Waals surface area contributed by atoms with Crippen LogP contribution in [-0.4, -0.2) is 55.2 Å². The van der Waals surface area contributed by atoms with Crippen LogP contribution in [0.15, 0.2) is 52.1 Å². The molecule has 1 fully saturated rings. The number of hydrogen-bond acceptors (Lipinski definition) is 4. The molecule has 1 aromatic carbocycles. The topological polar surface area (TPSA) is 64.2 Å². The molecule has 1 saturated heterocycles. The summed E-state index contributed by atoms with van der Waals surface area (Å²) in [7, 11) is 0. The summed E-state index contributed by atoms with van der Waals surface area (Å²) in [5, 5.41) is 13.4. The molecule has 1 unspecified atom stereocenters. The Morgan fingerprint density at radius 2 is 2.00 bits per heavy atom. The molecule has 140 valence electrons. The number of aliphatic hydroxyl groups is 1. The van der Waals surface area contributed by atoms with E-state index in [1.54, 1.807) is 18.2 Å². The third-order valence-corrected chi connectivity index (χ3v) is 4.39. The molecule has 1 aliphatic heterocycles. The number of anilines is 1. The van der Waals surface area contributed by atoms with Crippen LogP contribution in [0.4, 0.5) is 10.1 Å². The molecule has 2 N–H and O–H groups in total. The molecule has 7 heteroatoms. The van der Waals surface area contributed by atoms with Crippen LogP contribution in [0.3, 0.4) is 0 Å². The summed E-state index contributed by atoms with van der Waals surface area (Å²) in [6.45, 7) is 5.87. The fraction of sp³-hybridized carbons (Fsp3) is 0.421. The predicted molar refractivity (Wildman–Crippen MR) is 99.8 cm³/mol.